The van der Waals surface area contributed by atoms with E-state index < -0.39 is 0 Å². The zero-order valence-corrected chi connectivity index (χ0v) is 11.2. The summed E-state index contributed by atoms with van der Waals surface area (Å²) in [6, 6.07) is 8.11. The molecule has 1 heterocycles. The molecule has 0 saturated heterocycles. The van der Waals surface area contributed by atoms with Crippen LogP contribution in [0.4, 0.5) is 0 Å². The summed E-state index contributed by atoms with van der Waals surface area (Å²) >= 11 is 1.79. The van der Waals surface area contributed by atoms with Gasteiger partial charge in [0.05, 0.1) is 5.52 Å². The van der Waals surface area contributed by atoms with Crippen LogP contribution in [0.25, 0.3) is 10.9 Å². The highest BCUT2D eigenvalue weighted by Gasteiger charge is 2.02. The summed E-state index contributed by atoms with van der Waals surface area (Å²) in [7, 11) is 0. The van der Waals surface area contributed by atoms with Crippen molar-refractivity contribution in [1.29, 1.82) is 0 Å². The van der Waals surface area contributed by atoms with E-state index in [4.69, 9.17) is 5.11 Å². The Morgan fingerprint density at radius 3 is 2.72 bits per heavy atom. The van der Waals surface area contributed by atoms with E-state index in [0.717, 1.165) is 34.5 Å². The summed E-state index contributed by atoms with van der Waals surface area (Å²) in [5.41, 5.74) is 1.01. The summed E-state index contributed by atoms with van der Waals surface area (Å²) in [5, 5.41) is 10.9. The van der Waals surface area contributed by atoms with Crippen LogP contribution in [-0.4, -0.2) is 27.4 Å². The molecule has 3 nitrogen and oxygen atoms in total. The van der Waals surface area contributed by atoms with Crippen molar-refractivity contribution in [2.24, 2.45) is 0 Å². The SMILES string of the molecule is OCCCCCCSc1ncnc2ccccc12. The number of fused-ring (bicyclic) bond motifs is 1. The fourth-order valence-corrected chi connectivity index (χ4v) is 2.82. The molecule has 4 heteroatoms. The number of hydrogen-bond acceptors (Lipinski definition) is 4. The van der Waals surface area contributed by atoms with Crippen molar-refractivity contribution in [1.82, 2.24) is 9.97 Å². The van der Waals surface area contributed by atoms with Crippen LogP contribution in [0.2, 0.25) is 0 Å². The third-order valence-electron chi connectivity index (χ3n) is 2.80. The first-order valence-corrected chi connectivity index (χ1v) is 7.34. The van der Waals surface area contributed by atoms with Crippen molar-refractivity contribution in [2.45, 2.75) is 30.7 Å². The second-order valence-corrected chi connectivity index (χ2v) is 5.27. The summed E-state index contributed by atoms with van der Waals surface area (Å²) in [5.74, 6) is 1.08. The Hall–Kier alpha value is -1.13. The maximum Gasteiger partial charge on any atom is 0.117 e. The highest BCUT2D eigenvalue weighted by Crippen LogP contribution is 2.24. The highest BCUT2D eigenvalue weighted by atomic mass is 32.2. The van der Waals surface area contributed by atoms with Gasteiger partial charge in [-0.05, 0) is 24.7 Å². The van der Waals surface area contributed by atoms with E-state index in [1.807, 2.05) is 18.2 Å². The summed E-state index contributed by atoms with van der Waals surface area (Å²) in [6.07, 6.45) is 6.01. The van der Waals surface area contributed by atoms with Gasteiger partial charge in [0.25, 0.3) is 0 Å². The van der Waals surface area contributed by atoms with Crippen molar-refractivity contribution in [3.05, 3.63) is 30.6 Å². The molecule has 1 aromatic carbocycles. The van der Waals surface area contributed by atoms with Crippen LogP contribution in [0.1, 0.15) is 25.7 Å². The molecule has 2 rings (SSSR count). The topological polar surface area (TPSA) is 46.0 Å². The molecule has 2 aromatic rings. The number of aromatic nitrogens is 2. The van der Waals surface area contributed by atoms with E-state index in [1.165, 1.54) is 12.8 Å². The number of para-hydroxylation sites is 1. The monoisotopic (exact) mass is 262 g/mol. The van der Waals surface area contributed by atoms with Crippen LogP contribution in [0.5, 0.6) is 0 Å². The maximum absolute atomic E-state index is 8.70. The Labute approximate surface area is 112 Å². The normalized spacial score (nSPS) is 10.9. The van der Waals surface area contributed by atoms with Crippen molar-refractivity contribution >= 4 is 22.7 Å². The first-order valence-electron chi connectivity index (χ1n) is 6.35. The molecule has 1 aromatic heterocycles. The fourth-order valence-electron chi connectivity index (χ4n) is 1.83. The van der Waals surface area contributed by atoms with Gasteiger partial charge in [-0.15, -0.1) is 11.8 Å². The molecule has 0 atom stereocenters. The van der Waals surface area contributed by atoms with Gasteiger partial charge in [0.1, 0.15) is 11.4 Å². The Morgan fingerprint density at radius 2 is 1.83 bits per heavy atom. The number of hydrogen-bond donors (Lipinski definition) is 1. The molecule has 1 N–H and O–H groups in total. The van der Waals surface area contributed by atoms with Gasteiger partial charge in [0, 0.05) is 12.0 Å². The molecule has 0 aliphatic rings. The van der Waals surface area contributed by atoms with Gasteiger partial charge in [0.2, 0.25) is 0 Å². The number of thioether (sulfide) groups is 1. The third kappa shape index (κ3) is 3.68. The maximum atomic E-state index is 8.70. The first kappa shape index (κ1) is 13.3. The van der Waals surface area contributed by atoms with Crippen LogP contribution in [0.15, 0.2) is 35.6 Å². The first-order chi connectivity index (χ1) is 8.92. The van der Waals surface area contributed by atoms with Gasteiger partial charge in [0.15, 0.2) is 0 Å². The van der Waals surface area contributed by atoms with E-state index in [-0.39, 0.29) is 0 Å². The van der Waals surface area contributed by atoms with Crippen LogP contribution < -0.4 is 0 Å². The minimum absolute atomic E-state index is 0.309. The molecular weight excluding hydrogens is 244 g/mol. The minimum atomic E-state index is 0.309. The lowest BCUT2D eigenvalue weighted by Crippen LogP contribution is -1.89. The van der Waals surface area contributed by atoms with Crippen LogP contribution in [0, 0.1) is 0 Å². The second kappa shape index (κ2) is 7.34. The lowest BCUT2D eigenvalue weighted by molar-refractivity contribution is 0.283. The predicted octanol–water partition coefficient (Wildman–Crippen LogP) is 3.27. The largest absolute Gasteiger partial charge is 0.396 e. The molecule has 0 radical (unpaired) electrons. The zero-order valence-electron chi connectivity index (χ0n) is 10.4. The number of benzene rings is 1. The standard InChI is InChI=1S/C14H18N2OS/c17-9-5-1-2-6-10-18-14-12-7-3-4-8-13(12)15-11-16-14/h3-4,7-8,11,17H,1-2,5-6,9-10H2. The van der Waals surface area contributed by atoms with Gasteiger partial charge >= 0.3 is 0 Å². The molecule has 0 amide bonds. The predicted molar refractivity (Wildman–Crippen MR) is 75.8 cm³/mol. The van der Waals surface area contributed by atoms with E-state index in [0.29, 0.717) is 6.61 Å². The molecule has 0 spiro atoms. The van der Waals surface area contributed by atoms with Crippen molar-refractivity contribution in [3.63, 3.8) is 0 Å². The van der Waals surface area contributed by atoms with Crippen LogP contribution >= 0.6 is 11.8 Å². The number of unbranched alkanes of at least 4 members (excludes halogenated alkanes) is 3. The summed E-state index contributed by atoms with van der Waals surface area (Å²) in [4.78, 5) is 8.61. The van der Waals surface area contributed by atoms with Gasteiger partial charge < -0.3 is 5.11 Å². The minimum Gasteiger partial charge on any atom is -0.396 e. The number of nitrogens with zero attached hydrogens (tertiary/aromatic N) is 2. The Kier molecular flexibility index (Phi) is 5.42. The van der Waals surface area contributed by atoms with Crippen molar-refractivity contribution < 1.29 is 5.11 Å². The summed E-state index contributed by atoms with van der Waals surface area (Å²) in [6.45, 7) is 0.309. The molecule has 0 saturated carbocycles. The molecule has 0 fully saturated rings. The molecular formula is C14H18N2OS. The lowest BCUT2D eigenvalue weighted by Gasteiger charge is -2.04. The van der Waals surface area contributed by atoms with Gasteiger partial charge in [-0.25, -0.2) is 9.97 Å². The van der Waals surface area contributed by atoms with Crippen molar-refractivity contribution in [2.75, 3.05) is 12.4 Å². The fraction of sp³-hybridized carbons (Fsp3) is 0.429. The molecule has 0 aliphatic heterocycles. The van der Waals surface area contributed by atoms with Gasteiger partial charge in [-0.3, -0.25) is 0 Å². The Balaban J connectivity index is 1.88. The van der Waals surface area contributed by atoms with E-state index in [9.17, 15) is 0 Å². The third-order valence-corrected chi connectivity index (χ3v) is 3.89. The molecule has 0 bridgehead atoms. The van der Waals surface area contributed by atoms with Gasteiger partial charge in [-0.2, -0.15) is 0 Å². The zero-order chi connectivity index (χ0) is 12.6. The highest BCUT2D eigenvalue weighted by molar-refractivity contribution is 7.99. The molecule has 96 valence electrons. The Bertz CT molecular complexity index is 485. The molecule has 0 unspecified atom stereocenters. The molecule has 0 aliphatic carbocycles. The van der Waals surface area contributed by atoms with Gasteiger partial charge in [-0.1, -0.05) is 31.0 Å². The van der Waals surface area contributed by atoms with Crippen LogP contribution in [-0.2, 0) is 0 Å². The average molecular weight is 262 g/mol. The quantitative estimate of drug-likeness (QED) is 0.472. The lowest BCUT2D eigenvalue weighted by atomic mass is 10.2. The second-order valence-electron chi connectivity index (χ2n) is 4.18. The van der Waals surface area contributed by atoms with E-state index in [2.05, 4.69) is 16.0 Å². The summed E-state index contributed by atoms with van der Waals surface area (Å²) < 4.78 is 0. The van der Waals surface area contributed by atoms with Crippen molar-refractivity contribution in [3.8, 4) is 0 Å². The van der Waals surface area contributed by atoms with E-state index in [1.54, 1.807) is 18.1 Å². The number of rotatable bonds is 7. The Morgan fingerprint density at radius 1 is 1.00 bits per heavy atom. The number of aliphatic hydroxyl groups excluding tert-OH is 1. The van der Waals surface area contributed by atoms with Crippen LogP contribution in [0.3, 0.4) is 0 Å². The smallest absolute Gasteiger partial charge is 0.117 e. The molecule has 18 heavy (non-hydrogen) atoms. The number of aliphatic hydroxyl groups is 1. The average Bonchev–Trinajstić information content (AvgIpc) is 2.43. The van der Waals surface area contributed by atoms with E-state index >= 15 is 0 Å².